The number of nitrogens with zero attached hydrogens (tertiary/aromatic N) is 1. The molecule has 0 atom stereocenters. The number of rotatable bonds is 5. The second-order valence-corrected chi connectivity index (χ2v) is 6.00. The Hall–Kier alpha value is -0.870. The number of hydrogen-bond donors (Lipinski definition) is 1. The molecule has 0 fully saturated rings. The molecule has 2 aromatic rings. The summed E-state index contributed by atoms with van der Waals surface area (Å²) in [6.07, 6.45) is 0. The Morgan fingerprint density at radius 3 is 2.50 bits per heavy atom. The number of hydrogen-bond acceptors (Lipinski definition) is 3. The van der Waals surface area contributed by atoms with Crippen LogP contribution in [0, 0.1) is 0 Å². The summed E-state index contributed by atoms with van der Waals surface area (Å²) in [7, 11) is 2.10. The number of thiophene rings is 1. The van der Waals surface area contributed by atoms with E-state index in [9.17, 15) is 0 Å². The maximum atomic E-state index is 6.16. The first-order chi connectivity index (χ1) is 8.69. The molecule has 2 rings (SSSR count). The normalized spacial score (nSPS) is 11.1. The highest BCUT2D eigenvalue weighted by Crippen LogP contribution is 2.20. The van der Waals surface area contributed by atoms with E-state index in [1.54, 1.807) is 11.3 Å². The molecular weight excluding hydrogens is 264 g/mol. The molecule has 4 heteroatoms. The molecule has 0 aliphatic heterocycles. The van der Waals surface area contributed by atoms with E-state index in [0.29, 0.717) is 6.54 Å². The molecule has 0 spiro atoms. The standard InChI is InChI=1S/C14H17ClN2S/c1-17(9-11-4-2-3-5-14(11)15)10-13-7-6-12(8-16)18-13/h2-7H,8-10,16H2,1H3. The van der Waals surface area contributed by atoms with Crippen molar-refractivity contribution in [3.63, 3.8) is 0 Å². The summed E-state index contributed by atoms with van der Waals surface area (Å²) in [6, 6.07) is 12.2. The van der Waals surface area contributed by atoms with Gasteiger partial charge in [-0.2, -0.15) is 0 Å². The van der Waals surface area contributed by atoms with Crippen molar-refractivity contribution in [1.82, 2.24) is 4.90 Å². The topological polar surface area (TPSA) is 29.3 Å². The zero-order valence-corrected chi connectivity index (χ0v) is 12.0. The number of halogens is 1. The fourth-order valence-electron chi connectivity index (χ4n) is 1.86. The average Bonchev–Trinajstić information content (AvgIpc) is 2.80. The van der Waals surface area contributed by atoms with Crippen LogP contribution >= 0.6 is 22.9 Å². The minimum Gasteiger partial charge on any atom is -0.326 e. The van der Waals surface area contributed by atoms with Gasteiger partial charge in [0, 0.05) is 34.4 Å². The predicted molar refractivity (Wildman–Crippen MR) is 78.8 cm³/mol. The Balaban J connectivity index is 1.96. The van der Waals surface area contributed by atoms with Gasteiger partial charge in [-0.05, 0) is 30.8 Å². The third-order valence-corrected chi connectivity index (χ3v) is 4.20. The maximum Gasteiger partial charge on any atom is 0.0451 e. The van der Waals surface area contributed by atoms with Crippen LogP contribution in [0.5, 0.6) is 0 Å². The number of benzene rings is 1. The van der Waals surface area contributed by atoms with Crippen molar-refractivity contribution in [2.75, 3.05) is 7.05 Å². The second-order valence-electron chi connectivity index (χ2n) is 4.34. The lowest BCUT2D eigenvalue weighted by molar-refractivity contribution is 0.322. The Kier molecular flexibility index (Phi) is 4.78. The van der Waals surface area contributed by atoms with Gasteiger partial charge < -0.3 is 5.73 Å². The third-order valence-electron chi connectivity index (χ3n) is 2.74. The van der Waals surface area contributed by atoms with E-state index < -0.39 is 0 Å². The highest BCUT2D eigenvalue weighted by Gasteiger charge is 2.06. The molecule has 96 valence electrons. The fourth-order valence-corrected chi connectivity index (χ4v) is 3.03. The molecule has 2 N–H and O–H groups in total. The van der Waals surface area contributed by atoms with Crippen LogP contribution in [0.15, 0.2) is 36.4 Å². The van der Waals surface area contributed by atoms with Crippen LogP contribution in [0.25, 0.3) is 0 Å². The molecule has 0 aliphatic rings. The molecule has 1 aromatic heterocycles. The second kappa shape index (κ2) is 6.34. The van der Waals surface area contributed by atoms with Gasteiger partial charge in [0.05, 0.1) is 0 Å². The Morgan fingerprint density at radius 2 is 1.83 bits per heavy atom. The molecule has 0 unspecified atom stereocenters. The molecule has 0 aliphatic carbocycles. The maximum absolute atomic E-state index is 6.16. The smallest absolute Gasteiger partial charge is 0.0451 e. The first-order valence-corrected chi connectivity index (χ1v) is 7.08. The summed E-state index contributed by atoms with van der Waals surface area (Å²) in [4.78, 5) is 4.83. The van der Waals surface area contributed by atoms with Crippen molar-refractivity contribution in [2.24, 2.45) is 5.73 Å². The van der Waals surface area contributed by atoms with Gasteiger partial charge in [0.1, 0.15) is 0 Å². The van der Waals surface area contributed by atoms with E-state index in [1.807, 2.05) is 18.2 Å². The molecule has 2 nitrogen and oxygen atoms in total. The van der Waals surface area contributed by atoms with Crippen LogP contribution < -0.4 is 5.73 Å². The molecule has 0 amide bonds. The summed E-state index contributed by atoms with van der Waals surface area (Å²) < 4.78 is 0. The summed E-state index contributed by atoms with van der Waals surface area (Å²) in [5, 5.41) is 0.832. The minimum absolute atomic E-state index is 0.624. The molecule has 0 bridgehead atoms. The van der Waals surface area contributed by atoms with Gasteiger partial charge in [-0.25, -0.2) is 0 Å². The monoisotopic (exact) mass is 280 g/mol. The molecule has 1 heterocycles. The van der Waals surface area contributed by atoms with Crippen LogP contribution in [0.3, 0.4) is 0 Å². The fraction of sp³-hybridized carbons (Fsp3) is 0.286. The SMILES string of the molecule is CN(Cc1ccc(CN)s1)Cc1ccccc1Cl. The van der Waals surface area contributed by atoms with E-state index in [0.717, 1.165) is 23.7 Å². The van der Waals surface area contributed by atoms with Gasteiger partial charge in [0.25, 0.3) is 0 Å². The summed E-state index contributed by atoms with van der Waals surface area (Å²) in [5.41, 5.74) is 6.78. The van der Waals surface area contributed by atoms with Crippen LogP contribution in [0.2, 0.25) is 5.02 Å². The van der Waals surface area contributed by atoms with E-state index in [4.69, 9.17) is 17.3 Å². The third kappa shape index (κ3) is 3.56. The summed E-state index contributed by atoms with van der Waals surface area (Å²) in [5.74, 6) is 0. The van der Waals surface area contributed by atoms with Crippen LogP contribution in [0.4, 0.5) is 0 Å². The Labute approximate surface area is 117 Å². The van der Waals surface area contributed by atoms with Crippen molar-refractivity contribution in [3.05, 3.63) is 56.7 Å². The van der Waals surface area contributed by atoms with Crippen molar-refractivity contribution in [3.8, 4) is 0 Å². The van der Waals surface area contributed by atoms with Crippen molar-refractivity contribution in [1.29, 1.82) is 0 Å². The molecule has 1 aromatic carbocycles. The molecule has 0 saturated heterocycles. The highest BCUT2D eigenvalue weighted by molar-refractivity contribution is 7.11. The minimum atomic E-state index is 0.624. The van der Waals surface area contributed by atoms with E-state index in [2.05, 4.69) is 30.1 Å². The van der Waals surface area contributed by atoms with E-state index in [1.165, 1.54) is 9.75 Å². The molecular formula is C14H17ClN2S. The molecule has 0 saturated carbocycles. The van der Waals surface area contributed by atoms with Crippen molar-refractivity contribution >= 4 is 22.9 Å². The predicted octanol–water partition coefficient (Wildman–Crippen LogP) is 3.49. The quantitative estimate of drug-likeness (QED) is 0.908. The summed E-state index contributed by atoms with van der Waals surface area (Å²) in [6.45, 7) is 2.41. The zero-order valence-electron chi connectivity index (χ0n) is 10.4. The number of nitrogens with two attached hydrogens (primary N) is 1. The Bertz CT molecular complexity index is 510. The lowest BCUT2D eigenvalue weighted by Crippen LogP contribution is -2.16. The molecule has 18 heavy (non-hydrogen) atoms. The summed E-state index contributed by atoms with van der Waals surface area (Å²) >= 11 is 7.93. The zero-order chi connectivity index (χ0) is 13.0. The lowest BCUT2D eigenvalue weighted by atomic mass is 10.2. The van der Waals surface area contributed by atoms with Crippen molar-refractivity contribution in [2.45, 2.75) is 19.6 Å². The van der Waals surface area contributed by atoms with Gasteiger partial charge in [0.15, 0.2) is 0 Å². The van der Waals surface area contributed by atoms with E-state index in [-0.39, 0.29) is 0 Å². The van der Waals surface area contributed by atoms with Gasteiger partial charge in [-0.15, -0.1) is 11.3 Å². The average molecular weight is 281 g/mol. The first-order valence-electron chi connectivity index (χ1n) is 5.88. The van der Waals surface area contributed by atoms with Crippen LogP contribution in [0.1, 0.15) is 15.3 Å². The van der Waals surface area contributed by atoms with Crippen LogP contribution in [-0.4, -0.2) is 11.9 Å². The largest absolute Gasteiger partial charge is 0.326 e. The van der Waals surface area contributed by atoms with E-state index >= 15 is 0 Å². The van der Waals surface area contributed by atoms with Gasteiger partial charge in [-0.1, -0.05) is 29.8 Å². The molecule has 0 radical (unpaired) electrons. The highest BCUT2D eigenvalue weighted by atomic mass is 35.5. The van der Waals surface area contributed by atoms with Gasteiger partial charge >= 0.3 is 0 Å². The van der Waals surface area contributed by atoms with Crippen LogP contribution in [-0.2, 0) is 19.6 Å². The lowest BCUT2D eigenvalue weighted by Gasteiger charge is -2.16. The first kappa shape index (κ1) is 13.6. The van der Waals surface area contributed by atoms with Gasteiger partial charge in [-0.3, -0.25) is 4.90 Å². The Morgan fingerprint density at radius 1 is 1.11 bits per heavy atom. The van der Waals surface area contributed by atoms with Crippen molar-refractivity contribution < 1.29 is 0 Å². The van der Waals surface area contributed by atoms with Gasteiger partial charge in [0.2, 0.25) is 0 Å².